The Labute approximate surface area is 206 Å². The van der Waals surface area contributed by atoms with Crippen molar-refractivity contribution in [3.8, 4) is 17.6 Å². The van der Waals surface area contributed by atoms with Gasteiger partial charge in [0.05, 0.1) is 23.4 Å². The lowest BCUT2D eigenvalue weighted by Crippen LogP contribution is -2.31. The van der Waals surface area contributed by atoms with Gasteiger partial charge in [-0.3, -0.25) is 19.5 Å². The van der Waals surface area contributed by atoms with E-state index >= 15 is 0 Å². The van der Waals surface area contributed by atoms with E-state index in [9.17, 15) is 35.9 Å². The molecule has 0 radical (unpaired) electrons. The van der Waals surface area contributed by atoms with Gasteiger partial charge >= 0.3 is 12.5 Å². The first-order chi connectivity index (χ1) is 17.4. The number of carbonyl (C=O) groups excluding carboxylic acids is 2. The summed E-state index contributed by atoms with van der Waals surface area (Å²) in [5.74, 6) is 3.15. The molecule has 3 aromatic rings. The standard InChI is InChI=1S/C26H14F6N2O3/c27-25(28,29)18-9-7-17(8-10-18)22-21(13-6-16-4-11-20(12-5-16)37-26(30,31)32)23(35)34(24(22)36)15-19-3-1-2-14-33-19/h1-5,7-12,14H,15H2. The zero-order chi connectivity index (χ0) is 26.8. The molecule has 0 saturated heterocycles. The summed E-state index contributed by atoms with van der Waals surface area (Å²) in [6.45, 7) is -0.197. The highest BCUT2D eigenvalue weighted by molar-refractivity contribution is 6.37. The second-order valence-electron chi connectivity index (χ2n) is 7.66. The van der Waals surface area contributed by atoms with Crippen molar-refractivity contribution in [1.82, 2.24) is 9.88 Å². The summed E-state index contributed by atoms with van der Waals surface area (Å²) in [4.78, 5) is 31.3. The number of nitrogens with zero attached hydrogens (tertiary/aromatic N) is 2. The van der Waals surface area contributed by atoms with Crippen molar-refractivity contribution in [2.45, 2.75) is 19.1 Å². The first-order valence-electron chi connectivity index (χ1n) is 10.5. The molecule has 2 aromatic carbocycles. The number of benzene rings is 2. The van der Waals surface area contributed by atoms with Crippen LogP contribution in [-0.2, 0) is 22.3 Å². The van der Waals surface area contributed by atoms with Crippen molar-refractivity contribution in [3.63, 3.8) is 0 Å². The highest BCUT2D eigenvalue weighted by Gasteiger charge is 2.39. The van der Waals surface area contributed by atoms with E-state index in [-0.39, 0.29) is 28.8 Å². The second kappa shape index (κ2) is 9.81. The Morgan fingerprint density at radius 3 is 2.05 bits per heavy atom. The van der Waals surface area contributed by atoms with Gasteiger partial charge in [-0.25, -0.2) is 0 Å². The SMILES string of the molecule is O=C1C(C#Cc2ccc(OC(F)(F)F)cc2)=C(c2ccc(C(F)(F)F)cc2)C(=O)N1Cc1ccccn1. The van der Waals surface area contributed by atoms with E-state index in [4.69, 9.17) is 0 Å². The van der Waals surface area contributed by atoms with Gasteiger partial charge in [-0.15, -0.1) is 13.2 Å². The molecule has 37 heavy (non-hydrogen) atoms. The number of pyridine rings is 1. The zero-order valence-corrected chi connectivity index (χ0v) is 18.5. The molecular weight excluding hydrogens is 502 g/mol. The van der Waals surface area contributed by atoms with E-state index in [0.717, 1.165) is 41.3 Å². The maximum atomic E-state index is 13.2. The van der Waals surface area contributed by atoms with Gasteiger partial charge in [-0.2, -0.15) is 13.2 Å². The monoisotopic (exact) mass is 516 g/mol. The van der Waals surface area contributed by atoms with Crippen LogP contribution in [-0.4, -0.2) is 28.1 Å². The van der Waals surface area contributed by atoms with Gasteiger partial charge in [0.15, 0.2) is 0 Å². The number of imide groups is 1. The number of hydrogen-bond donors (Lipinski definition) is 0. The summed E-state index contributed by atoms with van der Waals surface area (Å²) in [5, 5.41) is 0. The number of amides is 2. The molecule has 1 aliphatic rings. The molecule has 0 N–H and O–H groups in total. The van der Waals surface area contributed by atoms with Crippen LogP contribution in [0, 0.1) is 11.8 Å². The molecule has 0 aliphatic carbocycles. The average molecular weight is 516 g/mol. The van der Waals surface area contributed by atoms with Gasteiger partial charge in [0.25, 0.3) is 11.8 Å². The van der Waals surface area contributed by atoms with E-state index in [1.165, 1.54) is 18.3 Å². The second-order valence-corrected chi connectivity index (χ2v) is 7.66. The third-order valence-corrected chi connectivity index (χ3v) is 5.13. The van der Waals surface area contributed by atoms with E-state index in [1.54, 1.807) is 18.2 Å². The first kappa shape index (κ1) is 25.5. The number of alkyl halides is 6. The Kier molecular flexibility index (Phi) is 6.76. The number of rotatable bonds is 4. The van der Waals surface area contributed by atoms with E-state index in [0.29, 0.717) is 5.69 Å². The molecule has 188 valence electrons. The van der Waals surface area contributed by atoms with Crippen molar-refractivity contribution >= 4 is 17.4 Å². The molecule has 0 fully saturated rings. The zero-order valence-electron chi connectivity index (χ0n) is 18.5. The first-order valence-corrected chi connectivity index (χ1v) is 10.5. The summed E-state index contributed by atoms with van der Waals surface area (Å²) in [6.07, 6.45) is -8.00. The van der Waals surface area contributed by atoms with E-state index in [1.807, 2.05) is 0 Å². The van der Waals surface area contributed by atoms with Crippen LogP contribution in [0.3, 0.4) is 0 Å². The van der Waals surface area contributed by atoms with Crippen molar-refractivity contribution < 1.29 is 40.7 Å². The Hall–Kier alpha value is -4.59. The van der Waals surface area contributed by atoms with Gasteiger partial charge < -0.3 is 4.74 Å². The van der Waals surface area contributed by atoms with Crippen LogP contribution < -0.4 is 4.74 Å². The number of aromatic nitrogens is 1. The lowest BCUT2D eigenvalue weighted by molar-refractivity contribution is -0.274. The molecule has 1 aromatic heterocycles. The maximum absolute atomic E-state index is 13.2. The molecule has 0 saturated carbocycles. The molecule has 0 bridgehead atoms. The van der Waals surface area contributed by atoms with Crippen molar-refractivity contribution in [2.75, 3.05) is 0 Å². The molecule has 0 spiro atoms. The average Bonchev–Trinajstić information content (AvgIpc) is 3.07. The lowest BCUT2D eigenvalue weighted by atomic mass is 10.00. The fourth-order valence-corrected chi connectivity index (χ4v) is 3.46. The molecule has 2 amide bonds. The Balaban J connectivity index is 1.71. The van der Waals surface area contributed by atoms with Crippen LogP contribution in [0.4, 0.5) is 26.3 Å². The normalized spacial score (nSPS) is 14.1. The Bertz CT molecular complexity index is 1420. The summed E-state index contributed by atoms with van der Waals surface area (Å²) in [7, 11) is 0. The molecule has 5 nitrogen and oxygen atoms in total. The summed E-state index contributed by atoms with van der Waals surface area (Å²) in [6, 6.07) is 13.1. The predicted octanol–water partition coefficient (Wildman–Crippen LogP) is 5.37. The maximum Gasteiger partial charge on any atom is 0.573 e. The molecule has 2 heterocycles. The smallest absolute Gasteiger partial charge is 0.406 e. The molecular formula is C26H14F6N2O3. The highest BCUT2D eigenvalue weighted by atomic mass is 19.4. The Morgan fingerprint density at radius 2 is 1.49 bits per heavy atom. The molecule has 4 rings (SSSR count). The van der Waals surface area contributed by atoms with Crippen molar-refractivity contribution in [1.29, 1.82) is 0 Å². The Morgan fingerprint density at radius 1 is 0.811 bits per heavy atom. The fourth-order valence-electron chi connectivity index (χ4n) is 3.46. The van der Waals surface area contributed by atoms with Gasteiger partial charge in [0.2, 0.25) is 0 Å². The van der Waals surface area contributed by atoms with E-state index < -0.39 is 35.7 Å². The van der Waals surface area contributed by atoms with Gasteiger partial charge in [0, 0.05) is 11.8 Å². The van der Waals surface area contributed by atoms with Crippen LogP contribution in [0.1, 0.15) is 22.4 Å². The van der Waals surface area contributed by atoms with Gasteiger partial charge in [-0.05, 0) is 54.1 Å². The largest absolute Gasteiger partial charge is 0.573 e. The van der Waals surface area contributed by atoms with Crippen LogP contribution in [0.5, 0.6) is 5.75 Å². The molecule has 0 unspecified atom stereocenters. The van der Waals surface area contributed by atoms with Crippen LogP contribution in [0.15, 0.2) is 78.5 Å². The predicted molar refractivity (Wildman–Crippen MR) is 118 cm³/mol. The van der Waals surface area contributed by atoms with Gasteiger partial charge in [-0.1, -0.05) is 30.0 Å². The van der Waals surface area contributed by atoms with Crippen LogP contribution >= 0.6 is 0 Å². The highest BCUT2D eigenvalue weighted by Crippen LogP contribution is 2.34. The third-order valence-electron chi connectivity index (χ3n) is 5.13. The minimum absolute atomic E-state index is 0.0492. The topological polar surface area (TPSA) is 59.5 Å². The number of hydrogen-bond acceptors (Lipinski definition) is 4. The number of carbonyl (C=O) groups is 2. The van der Waals surface area contributed by atoms with Crippen molar-refractivity contribution in [2.24, 2.45) is 0 Å². The minimum Gasteiger partial charge on any atom is -0.406 e. The number of halogens is 6. The minimum atomic E-state index is -4.87. The fraction of sp³-hybridized carbons (Fsp3) is 0.115. The molecule has 1 aliphatic heterocycles. The van der Waals surface area contributed by atoms with Crippen molar-refractivity contribution in [3.05, 3.63) is 101 Å². The van der Waals surface area contributed by atoms with Crippen LogP contribution in [0.2, 0.25) is 0 Å². The summed E-state index contributed by atoms with van der Waals surface area (Å²) >= 11 is 0. The summed E-state index contributed by atoms with van der Waals surface area (Å²) in [5.41, 5.74) is -0.751. The lowest BCUT2D eigenvalue weighted by Gasteiger charge is -2.14. The van der Waals surface area contributed by atoms with Crippen LogP contribution in [0.25, 0.3) is 5.57 Å². The molecule has 0 atom stereocenters. The third kappa shape index (κ3) is 5.98. The molecule has 11 heteroatoms. The quantitative estimate of drug-likeness (QED) is 0.266. The number of ether oxygens (including phenoxy) is 1. The summed E-state index contributed by atoms with van der Waals surface area (Å²) < 4.78 is 79.9. The van der Waals surface area contributed by atoms with Gasteiger partial charge in [0.1, 0.15) is 11.3 Å². The van der Waals surface area contributed by atoms with E-state index in [2.05, 4.69) is 21.6 Å².